The number of benzene rings is 1. The first kappa shape index (κ1) is 29.9. The Balaban J connectivity index is 1.49. The number of carbonyl (C=O) groups is 2. The molecule has 5 rings (SSSR count). The van der Waals surface area contributed by atoms with E-state index in [4.69, 9.17) is 15.5 Å². The van der Waals surface area contributed by atoms with Gasteiger partial charge in [0, 0.05) is 29.2 Å². The van der Waals surface area contributed by atoms with E-state index in [-0.39, 0.29) is 36.4 Å². The molecular formula is C29H30F3N7O4. The third kappa shape index (κ3) is 5.88. The van der Waals surface area contributed by atoms with Gasteiger partial charge >= 0.3 is 6.18 Å². The number of nitrogens with zero attached hydrogens (tertiary/aromatic N) is 5. The number of ether oxygens (including phenoxy) is 1. The Bertz CT molecular complexity index is 1670. The molecular weight excluding hydrogens is 567 g/mol. The number of aliphatic hydroxyl groups excluding tert-OH is 1. The van der Waals surface area contributed by atoms with Crippen molar-refractivity contribution in [3.05, 3.63) is 71.4 Å². The maximum Gasteiger partial charge on any atom is 0.416 e. The Morgan fingerprint density at radius 3 is 2.58 bits per heavy atom. The van der Waals surface area contributed by atoms with E-state index < -0.39 is 35.8 Å². The summed E-state index contributed by atoms with van der Waals surface area (Å²) < 4.78 is 47.1. The van der Waals surface area contributed by atoms with Crippen LogP contribution in [0.3, 0.4) is 0 Å². The van der Waals surface area contributed by atoms with E-state index in [9.17, 15) is 27.9 Å². The minimum Gasteiger partial charge on any atom is -0.384 e. The smallest absolute Gasteiger partial charge is 0.384 e. The van der Waals surface area contributed by atoms with Crippen LogP contribution in [0.1, 0.15) is 54.3 Å². The van der Waals surface area contributed by atoms with Crippen molar-refractivity contribution in [2.24, 2.45) is 0 Å². The zero-order chi connectivity index (χ0) is 31.1. The van der Waals surface area contributed by atoms with Crippen molar-refractivity contribution in [3.8, 4) is 11.3 Å². The summed E-state index contributed by atoms with van der Waals surface area (Å²) in [5, 5.41) is 12.3. The molecule has 3 aromatic heterocycles. The summed E-state index contributed by atoms with van der Waals surface area (Å²) in [5.41, 5.74) is 7.99. The highest BCUT2D eigenvalue weighted by Crippen LogP contribution is 2.35. The first-order chi connectivity index (χ1) is 20.4. The summed E-state index contributed by atoms with van der Waals surface area (Å²) in [6, 6.07) is 7.65. The van der Waals surface area contributed by atoms with Gasteiger partial charge in [-0.25, -0.2) is 15.0 Å². The molecule has 0 aliphatic carbocycles. The van der Waals surface area contributed by atoms with Crippen molar-refractivity contribution in [3.63, 3.8) is 0 Å². The number of alkyl halides is 3. The normalized spacial score (nSPS) is 18.1. The number of nitrogens with one attached hydrogen (secondary N) is 1. The number of anilines is 2. The number of hydrogen-bond donors (Lipinski definition) is 3. The number of rotatable bonds is 6. The number of aromatic nitrogens is 4. The molecule has 4 N–H and O–H groups in total. The van der Waals surface area contributed by atoms with Gasteiger partial charge in [0.1, 0.15) is 40.9 Å². The highest BCUT2D eigenvalue weighted by molar-refractivity contribution is 6.04. The summed E-state index contributed by atoms with van der Waals surface area (Å²) in [6.07, 6.45) is -3.15. The van der Waals surface area contributed by atoms with Crippen LogP contribution in [0.15, 0.2) is 48.8 Å². The van der Waals surface area contributed by atoms with Crippen LogP contribution in [0.2, 0.25) is 0 Å². The number of halogens is 3. The van der Waals surface area contributed by atoms with Gasteiger partial charge in [-0.3, -0.25) is 14.0 Å². The van der Waals surface area contributed by atoms with E-state index in [1.807, 2.05) is 18.2 Å². The lowest BCUT2D eigenvalue weighted by atomic mass is 10.1. The van der Waals surface area contributed by atoms with Gasteiger partial charge < -0.3 is 25.8 Å². The van der Waals surface area contributed by atoms with Gasteiger partial charge in [-0.05, 0) is 44.5 Å². The average Bonchev–Trinajstić information content (AvgIpc) is 3.39. The molecule has 0 saturated carbocycles. The Morgan fingerprint density at radius 1 is 1.21 bits per heavy atom. The van der Waals surface area contributed by atoms with Crippen LogP contribution >= 0.6 is 0 Å². The van der Waals surface area contributed by atoms with Gasteiger partial charge in [0.2, 0.25) is 0 Å². The molecule has 226 valence electrons. The first-order valence-corrected chi connectivity index (χ1v) is 13.6. The van der Waals surface area contributed by atoms with Crippen molar-refractivity contribution in [2.75, 3.05) is 24.2 Å². The zero-order valence-electron chi connectivity index (χ0n) is 23.6. The number of morpholine rings is 1. The first-order valence-electron chi connectivity index (χ1n) is 13.6. The minimum absolute atomic E-state index is 0.164. The van der Waals surface area contributed by atoms with E-state index in [0.29, 0.717) is 29.0 Å². The van der Waals surface area contributed by atoms with E-state index >= 15 is 0 Å². The molecule has 2 amide bonds. The fourth-order valence-corrected chi connectivity index (χ4v) is 5.00. The molecule has 4 heterocycles. The number of pyridine rings is 1. The molecule has 0 spiro atoms. The van der Waals surface area contributed by atoms with Crippen LogP contribution in [0.5, 0.6) is 0 Å². The minimum atomic E-state index is -4.57. The largest absolute Gasteiger partial charge is 0.416 e. The van der Waals surface area contributed by atoms with Crippen LogP contribution in [-0.4, -0.2) is 66.5 Å². The lowest BCUT2D eigenvalue weighted by molar-refractivity contribution is -0.152. The molecule has 1 saturated heterocycles. The zero-order valence-corrected chi connectivity index (χ0v) is 23.6. The second-order valence-electron chi connectivity index (χ2n) is 10.3. The molecule has 1 aliphatic rings. The maximum atomic E-state index is 13.0. The predicted molar refractivity (Wildman–Crippen MR) is 151 cm³/mol. The SMILES string of the molecule is CCc1cnc(N)c2c(-c3ccc(C(=O)Nc4cc(C(F)(F)F)ccn4)cc3)nc(C3CN(C(=O)C(C)O)C(C)CO3)n12. The third-order valence-electron chi connectivity index (χ3n) is 7.26. The van der Waals surface area contributed by atoms with Crippen molar-refractivity contribution in [1.82, 2.24) is 24.3 Å². The molecule has 0 radical (unpaired) electrons. The van der Waals surface area contributed by atoms with Gasteiger partial charge in [0.15, 0.2) is 0 Å². The van der Waals surface area contributed by atoms with Crippen molar-refractivity contribution >= 4 is 29.0 Å². The van der Waals surface area contributed by atoms with E-state index in [2.05, 4.69) is 15.3 Å². The number of nitrogens with two attached hydrogens (primary N) is 1. The predicted octanol–water partition coefficient (Wildman–Crippen LogP) is 3.88. The van der Waals surface area contributed by atoms with Gasteiger partial charge in [0.25, 0.3) is 11.8 Å². The second kappa shape index (κ2) is 11.6. The van der Waals surface area contributed by atoms with Gasteiger partial charge in [-0.2, -0.15) is 13.2 Å². The molecule has 43 heavy (non-hydrogen) atoms. The number of aliphatic hydroxyl groups is 1. The van der Waals surface area contributed by atoms with Gasteiger partial charge in [-0.15, -0.1) is 0 Å². The highest BCUT2D eigenvalue weighted by atomic mass is 19.4. The maximum absolute atomic E-state index is 13.0. The molecule has 1 aliphatic heterocycles. The molecule has 11 nitrogen and oxygen atoms in total. The molecule has 3 atom stereocenters. The molecule has 1 aromatic carbocycles. The number of carbonyl (C=O) groups excluding carboxylic acids is 2. The number of hydrogen-bond acceptors (Lipinski definition) is 8. The number of imidazole rings is 1. The second-order valence-corrected chi connectivity index (χ2v) is 10.3. The third-order valence-corrected chi connectivity index (χ3v) is 7.26. The van der Waals surface area contributed by atoms with Crippen LogP contribution in [-0.2, 0) is 22.1 Å². The summed E-state index contributed by atoms with van der Waals surface area (Å²) in [4.78, 5) is 40.1. The van der Waals surface area contributed by atoms with Crippen molar-refractivity contribution < 1.29 is 32.6 Å². The Labute approximate surface area is 244 Å². The van der Waals surface area contributed by atoms with Gasteiger partial charge in [-0.1, -0.05) is 19.1 Å². The quantitative estimate of drug-likeness (QED) is 0.303. The summed E-state index contributed by atoms with van der Waals surface area (Å²) in [7, 11) is 0. The fourth-order valence-electron chi connectivity index (χ4n) is 5.00. The van der Waals surface area contributed by atoms with Crippen LogP contribution in [0.4, 0.5) is 24.8 Å². The Kier molecular flexibility index (Phi) is 8.08. The Hall–Kier alpha value is -4.56. The molecule has 3 unspecified atom stereocenters. The summed E-state index contributed by atoms with van der Waals surface area (Å²) in [6.45, 7) is 5.61. The van der Waals surface area contributed by atoms with Crippen molar-refractivity contribution in [1.29, 1.82) is 0 Å². The van der Waals surface area contributed by atoms with Crippen LogP contribution < -0.4 is 11.1 Å². The molecule has 14 heteroatoms. The number of nitrogen functional groups attached to an aromatic ring is 1. The molecule has 4 aromatic rings. The average molecular weight is 598 g/mol. The fraction of sp³-hybridized carbons (Fsp3) is 0.345. The standard InChI is InChI=1S/C29H30F3N7O4/c1-4-20-12-35-25(33)24-23(37-26(39(20)24)21-13-38(15(2)14-43-21)28(42)16(3)40)17-5-7-18(8-6-17)27(41)36-22-11-19(9-10-34-22)29(30,31)32/h5-12,15-16,21,40H,4,13-14H2,1-3H3,(H2,33,35)(H,34,36,41). The van der Waals surface area contributed by atoms with E-state index in [1.165, 1.54) is 19.1 Å². The number of aryl methyl sites for hydroxylation is 1. The topological polar surface area (TPSA) is 148 Å². The molecule has 1 fully saturated rings. The van der Waals surface area contributed by atoms with E-state index in [0.717, 1.165) is 24.0 Å². The monoisotopic (exact) mass is 597 g/mol. The van der Waals surface area contributed by atoms with Crippen molar-refractivity contribution in [2.45, 2.75) is 51.6 Å². The highest BCUT2D eigenvalue weighted by Gasteiger charge is 2.35. The van der Waals surface area contributed by atoms with E-state index in [1.54, 1.807) is 23.2 Å². The van der Waals surface area contributed by atoms with Gasteiger partial charge in [0.05, 0.1) is 24.8 Å². The summed E-state index contributed by atoms with van der Waals surface area (Å²) in [5.74, 6) is -0.568. The molecule has 0 bridgehead atoms. The van der Waals surface area contributed by atoms with Crippen LogP contribution in [0.25, 0.3) is 16.8 Å². The van der Waals surface area contributed by atoms with Crippen LogP contribution in [0, 0.1) is 0 Å². The number of amides is 2. The lowest BCUT2D eigenvalue weighted by Gasteiger charge is -2.38. The number of fused-ring (bicyclic) bond motifs is 1. The Morgan fingerprint density at radius 2 is 1.93 bits per heavy atom. The lowest BCUT2D eigenvalue weighted by Crippen LogP contribution is -2.51. The summed E-state index contributed by atoms with van der Waals surface area (Å²) >= 11 is 0.